The first kappa shape index (κ1) is 17.7. The van der Waals surface area contributed by atoms with Gasteiger partial charge in [0.2, 0.25) is 0 Å². The summed E-state index contributed by atoms with van der Waals surface area (Å²) in [4.78, 5) is 0. The van der Waals surface area contributed by atoms with Crippen LogP contribution in [0.1, 0.15) is 38.7 Å². The maximum absolute atomic E-state index is 6.10. The highest BCUT2D eigenvalue weighted by atomic mass is 35.5. The van der Waals surface area contributed by atoms with Crippen LogP contribution < -0.4 is 5.32 Å². The SMILES string of the molecule is COC(=S)CC(CNC(C)(C)C)c1ccc(Cl)c(Cl)c1. The van der Waals surface area contributed by atoms with Gasteiger partial charge in [-0.2, -0.15) is 0 Å². The Morgan fingerprint density at radius 1 is 1.30 bits per heavy atom. The van der Waals surface area contributed by atoms with E-state index in [0.717, 1.165) is 12.1 Å². The second kappa shape index (κ2) is 7.60. The van der Waals surface area contributed by atoms with Crippen LogP contribution in [0.15, 0.2) is 18.2 Å². The Balaban J connectivity index is 2.90. The average molecular weight is 334 g/mol. The molecule has 0 heterocycles. The lowest BCUT2D eigenvalue weighted by Gasteiger charge is -2.26. The average Bonchev–Trinajstić information content (AvgIpc) is 2.36. The predicted octanol–water partition coefficient (Wildman–Crippen LogP) is 4.83. The van der Waals surface area contributed by atoms with Crippen molar-refractivity contribution in [3.8, 4) is 0 Å². The van der Waals surface area contributed by atoms with Crippen molar-refractivity contribution in [3.05, 3.63) is 33.8 Å². The van der Waals surface area contributed by atoms with E-state index >= 15 is 0 Å². The molecule has 20 heavy (non-hydrogen) atoms. The maximum atomic E-state index is 6.10. The molecular weight excluding hydrogens is 313 g/mol. The molecule has 5 heteroatoms. The lowest BCUT2D eigenvalue weighted by atomic mass is 9.94. The molecule has 1 aromatic rings. The number of halogens is 2. The van der Waals surface area contributed by atoms with Gasteiger partial charge < -0.3 is 10.1 Å². The fourth-order valence-electron chi connectivity index (χ4n) is 1.79. The molecule has 1 N–H and O–H groups in total. The molecule has 1 aromatic carbocycles. The van der Waals surface area contributed by atoms with Crippen LogP contribution in [-0.2, 0) is 4.74 Å². The van der Waals surface area contributed by atoms with E-state index in [9.17, 15) is 0 Å². The van der Waals surface area contributed by atoms with Crippen molar-refractivity contribution < 1.29 is 4.74 Å². The summed E-state index contributed by atoms with van der Waals surface area (Å²) in [7, 11) is 1.60. The van der Waals surface area contributed by atoms with Crippen molar-refractivity contribution in [1.29, 1.82) is 0 Å². The molecule has 0 spiro atoms. The van der Waals surface area contributed by atoms with E-state index in [1.54, 1.807) is 7.11 Å². The van der Waals surface area contributed by atoms with E-state index in [0.29, 0.717) is 21.5 Å². The Labute approximate surface area is 136 Å². The van der Waals surface area contributed by atoms with Crippen molar-refractivity contribution in [2.75, 3.05) is 13.7 Å². The second-order valence-electron chi connectivity index (χ2n) is 5.78. The van der Waals surface area contributed by atoms with Gasteiger partial charge in [0.05, 0.1) is 17.2 Å². The Kier molecular flexibility index (Phi) is 6.73. The predicted molar refractivity (Wildman–Crippen MR) is 91.2 cm³/mol. The summed E-state index contributed by atoms with van der Waals surface area (Å²) in [5.41, 5.74) is 1.15. The molecule has 0 fully saturated rings. The summed E-state index contributed by atoms with van der Waals surface area (Å²) in [6.45, 7) is 7.19. The molecule has 0 aromatic heterocycles. The summed E-state index contributed by atoms with van der Waals surface area (Å²) >= 11 is 17.3. The Bertz CT molecular complexity index is 471. The van der Waals surface area contributed by atoms with Crippen LogP contribution in [0.2, 0.25) is 10.0 Å². The number of benzene rings is 1. The third-order valence-corrected chi connectivity index (χ3v) is 4.01. The van der Waals surface area contributed by atoms with Crippen molar-refractivity contribution in [2.45, 2.75) is 38.6 Å². The van der Waals surface area contributed by atoms with Crippen LogP contribution >= 0.6 is 35.4 Å². The van der Waals surface area contributed by atoms with Crippen LogP contribution in [0.4, 0.5) is 0 Å². The van der Waals surface area contributed by atoms with Gasteiger partial charge >= 0.3 is 0 Å². The summed E-state index contributed by atoms with van der Waals surface area (Å²) in [6.07, 6.45) is 0.673. The molecule has 0 aliphatic rings. The number of hydrogen-bond donors (Lipinski definition) is 1. The molecule has 0 saturated carbocycles. The summed E-state index contributed by atoms with van der Waals surface area (Å²) in [5, 5.41) is 5.21. The Hall–Kier alpha value is -0.350. The monoisotopic (exact) mass is 333 g/mol. The third-order valence-electron chi connectivity index (χ3n) is 2.93. The molecule has 112 valence electrons. The highest BCUT2D eigenvalue weighted by Crippen LogP contribution is 2.28. The van der Waals surface area contributed by atoms with Crippen LogP contribution in [0.5, 0.6) is 0 Å². The largest absolute Gasteiger partial charge is 0.490 e. The minimum Gasteiger partial charge on any atom is -0.490 e. The van der Waals surface area contributed by atoms with Crippen LogP contribution in [-0.4, -0.2) is 24.2 Å². The van der Waals surface area contributed by atoms with Gasteiger partial charge in [0, 0.05) is 24.4 Å². The second-order valence-corrected chi connectivity index (χ2v) is 7.05. The van der Waals surface area contributed by atoms with E-state index in [1.807, 2.05) is 18.2 Å². The number of nitrogens with one attached hydrogen (secondary N) is 1. The summed E-state index contributed by atoms with van der Waals surface area (Å²) in [5.74, 6) is 0.205. The standard InChI is InChI=1S/C15H21Cl2NOS/c1-15(2,3)18-9-11(8-14(20)19-4)10-5-6-12(16)13(17)7-10/h5-7,11,18H,8-9H2,1-4H3. The lowest BCUT2D eigenvalue weighted by molar-refractivity contribution is 0.378. The Morgan fingerprint density at radius 2 is 1.95 bits per heavy atom. The zero-order valence-corrected chi connectivity index (χ0v) is 14.6. The number of methoxy groups -OCH3 is 1. The smallest absolute Gasteiger partial charge is 0.159 e. The highest BCUT2D eigenvalue weighted by molar-refractivity contribution is 7.80. The first-order chi connectivity index (χ1) is 9.23. The molecule has 0 amide bonds. The van der Waals surface area contributed by atoms with E-state index in [2.05, 4.69) is 26.1 Å². The topological polar surface area (TPSA) is 21.3 Å². The lowest BCUT2D eigenvalue weighted by Crippen LogP contribution is -2.39. The van der Waals surface area contributed by atoms with Crippen LogP contribution in [0.25, 0.3) is 0 Å². The van der Waals surface area contributed by atoms with Gasteiger partial charge in [-0.3, -0.25) is 0 Å². The summed E-state index contributed by atoms with van der Waals surface area (Å²) in [6, 6.07) is 5.71. The zero-order valence-electron chi connectivity index (χ0n) is 12.3. The molecule has 1 rings (SSSR count). The molecule has 0 saturated heterocycles. The van der Waals surface area contributed by atoms with E-state index < -0.39 is 0 Å². The molecule has 0 aliphatic carbocycles. The molecule has 1 unspecified atom stereocenters. The minimum atomic E-state index is 0.0448. The van der Waals surface area contributed by atoms with Crippen LogP contribution in [0.3, 0.4) is 0 Å². The van der Waals surface area contributed by atoms with Crippen molar-refractivity contribution >= 4 is 40.5 Å². The Morgan fingerprint density at radius 3 is 2.45 bits per heavy atom. The fourth-order valence-corrected chi connectivity index (χ4v) is 2.30. The van der Waals surface area contributed by atoms with E-state index in [4.69, 9.17) is 40.2 Å². The van der Waals surface area contributed by atoms with Gasteiger partial charge in [-0.05, 0) is 50.7 Å². The van der Waals surface area contributed by atoms with Crippen molar-refractivity contribution in [1.82, 2.24) is 5.32 Å². The normalized spacial score (nSPS) is 13.1. The van der Waals surface area contributed by atoms with Crippen molar-refractivity contribution in [2.24, 2.45) is 0 Å². The van der Waals surface area contributed by atoms with E-state index in [-0.39, 0.29) is 11.5 Å². The van der Waals surface area contributed by atoms with Gasteiger partial charge in [0.25, 0.3) is 0 Å². The van der Waals surface area contributed by atoms with Gasteiger partial charge in [-0.1, -0.05) is 29.3 Å². The van der Waals surface area contributed by atoms with Gasteiger partial charge in [-0.15, -0.1) is 0 Å². The minimum absolute atomic E-state index is 0.0448. The van der Waals surface area contributed by atoms with Gasteiger partial charge in [0.15, 0.2) is 5.05 Å². The third kappa shape index (κ3) is 5.96. The molecular formula is C15H21Cl2NOS. The molecule has 1 atom stereocenters. The number of hydrogen-bond acceptors (Lipinski definition) is 3. The summed E-state index contributed by atoms with van der Waals surface area (Å²) < 4.78 is 5.13. The number of thiocarbonyl (C=S) groups is 1. The molecule has 2 nitrogen and oxygen atoms in total. The molecule has 0 radical (unpaired) electrons. The number of rotatable bonds is 5. The first-order valence-electron chi connectivity index (χ1n) is 6.49. The first-order valence-corrected chi connectivity index (χ1v) is 7.66. The maximum Gasteiger partial charge on any atom is 0.159 e. The van der Waals surface area contributed by atoms with Crippen LogP contribution in [0, 0.1) is 0 Å². The quantitative estimate of drug-likeness (QED) is 0.780. The van der Waals surface area contributed by atoms with Gasteiger partial charge in [0.1, 0.15) is 0 Å². The van der Waals surface area contributed by atoms with Gasteiger partial charge in [-0.25, -0.2) is 0 Å². The van der Waals surface area contributed by atoms with Crippen molar-refractivity contribution in [3.63, 3.8) is 0 Å². The number of ether oxygens (including phenoxy) is 1. The fraction of sp³-hybridized carbons (Fsp3) is 0.533. The zero-order chi connectivity index (χ0) is 15.3. The highest BCUT2D eigenvalue weighted by Gasteiger charge is 2.18. The molecule has 0 aliphatic heterocycles. The molecule has 0 bridgehead atoms. The van der Waals surface area contributed by atoms with E-state index in [1.165, 1.54) is 0 Å².